The highest BCUT2D eigenvalue weighted by molar-refractivity contribution is 5.92. The van der Waals surface area contributed by atoms with Crippen LogP contribution in [0.15, 0.2) is 11.0 Å². The molecule has 2 atom stereocenters. The van der Waals surface area contributed by atoms with E-state index in [1.807, 2.05) is 0 Å². The number of likely N-dealkylation sites (tertiary alicyclic amines) is 1. The number of carbonyl (C=O) groups excluding carboxylic acids is 1. The van der Waals surface area contributed by atoms with E-state index in [1.54, 1.807) is 4.90 Å². The van der Waals surface area contributed by atoms with E-state index in [-0.39, 0.29) is 17.6 Å². The monoisotopic (exact) mass is 238 g/mol. The molecule has 1 aliphatic rings. The Balaban J connectivity index is 2.15. The van der Waals surface area contributed by atoms with Gasteiger partial charge in [-0.05, 0) is 18.8 Å². The molecule has 4 N–H and O–H groups in total. The molecule has 0 radical (unpaired) electrons. The number of aromatic amines is 2. The van der Waals surface area contributed by atoms with E-state index in [4.69, 9.17) is 5.73 Å². The van der Waals surface area contributed by atoms with Gasteiger partial charge in [-0.25, -0.2) is 4.79 Å². The number of nitrogens with zero attached hydrogens (tertiary/aromatic N) is 1. The predicted octanol–water partition coefficient (Wildman–Crippen LogP) is -0.0976. The Bertz CT molecular complexity index is 450. The molecule has 1 aromatic rings. The van der Waals surface area contributed by atoms with E-state index in [9.17, 15) is 9.59 Å². The van der Waals surface area contributed by atoms with Crippen molar-refractivity contribution in [1.82, 2.24) is 14.9 Å². The number of carbonyl (C=O) groups is 1. The number of aromatic nitrogens is 2. The van der Waals surface area contributed by atoms with Gasteiger partial charge in [0.2, 0.25) is 0 Å². The van der Waals surface area contributed by atoms with Crippen LogP contribution in [-0.2, 0) is 0 Å². The van der Waals surface area contributed by atoms with Gasteiger partial charge in [-0.3, -0.25) is 4.79 Å². The minimum absolute atomic E-state index is 0.0738. The third-order valence-electron chi connectivity index (χ3n) is 3.34. The maximum absolute atomic E-state index is 12.2. The molecule has 1 fully saturated rings. The Morgan fingerprint density at radius 1 is 1.65 bits per heavy atom. The SMILES string of the molecule is CC1CCN(C(=O)c2c[nH]c(=O)[nH]2)C(CN)C1. The third kappa shape index (κ3) is 2.41. The van der Waals surface area contributed by atoms with Crippen molar-refractivity contribution in [2.45, 2.75) is 25.8 Å². The number of nitrogens with two attached hydrogens (primary N) is 1. The highest BCUT2D eigenvalue weighted by atomic mass is 16.2. The van der Waals surface area contributed by atoms with Crippen LogP contribution < -0.4 is 11.4 Å². The fraction of sp³-hybridized carbons (Fsp3) is 0.636. The maximum atomic E-state index is 12.2. The molecule has 1 aromatic heterocycles. The summed E-state index contributed by atoms with van der Waals surface area (Å²) in [5, 5.41) is 0. The number of piperidine rings is 1. The molecule has 6 nitrogen and oxygen atoms in total. The fourth-order valence-corrected chi connectivity index (χ4v) is 2.34. The fourth-order valence-electron chi connectivity index (χ4n) is 2.34. The Morgan fingerprint density at radius 2 is 2.41 bits per heavy atom. The van der Waals surface area contributed by atoms with Crippen LogP contribution in [0.4, 0.5) is 0 Å². The molecule has 2 unspecified atom stereocenters. The first-order valence-corrected chi connectivity index (χ1v) is 5.90. The Labute approximate surface area is 99.2 Å². The van der Waals surface area contributed by atoms with E-state index in [1.165, 1.54) is 6.20 Å². The van der Waals surface area contributed by atoms with Gasteiger partial charge < -0.3 is 20.6 Å². The first kappa shape index (κ1) is 11.9. The number of nitrogens with one attached hydrogen (secondary N) is 2. The second kappa shape index (κ2) is 4.75. The number of rotatable bonds is 2. The van der Waals surface area contributed by atoms with Crippen molar-refractivity contribution < 1.29 is 4.79 Å². The van der Waals surface area contributed by atoms with Gasteiger partial charge in [0.25, 0.3) is 5.91 Å². The summed E-state index contributed by atoms with van der Waals surface area (Å²) in [6.07, 6.45) is 3.32. The molecule has 6 heteroatoms. The predicted molar refractivity (Wildman–Crippen MR) is 63.7 cm³/mol. The van der Waals surface area contributed by atoms with Crippen LogP contribution in [0.25, 0.3) is 0 Å². The lowest BCUT2D eigenvalue weighted by Crippen LogP contribution is -2.49. The lowest BCUT2D eigenvalue weighted by molar-refractivity contribution is 0.0568. The first-order valence-electron chi connectivity index (χ1n) is 5.90. The lowest BCUT2D eigenvalue weighted by atomic mass is 9.92. The van der Waals surface area contributed by atoms with Crippen LogP contribution in [0.2, 0.25) is 0 Å². The number of amides is 1. The average Bonchev–Trinajstić information content (AvgIpc) is 2.75. The number of hydrogen-bond donors (Lipinski definition) is 3. The average molecular weight is 238 g/mol. The maximum Gasteiger partial charge on any atom is 0.323 e. The topological polar surface area (TPSA) is 95.0 Å². The number of hydrogen-bond acceptors (Lipinski definition) is 3. The van der Waals surface area contributed by atoms with Crippen LogP contribution in [0.1, 0.15) is 30.3 Å². The van der Waals surface area contributed by atoms with Gasteiger partial charge in [0.15, 0.2) is 0 Å². The van der Waals surface area contributed by atoms with Crippen LogP contribution >= 0.6 is 0 Å². The van der Waals surface area contributed by atoms with Crippen LogP contribution in [0.5, 0.6) is 0 Å². The molecule has 2 rings (SSSR count). The van der Waals surface area contributed by atoms with E-state index in [0.29, 0.717) is 24.7 Å². The molecule has 94 valence electrons. The molecule has 0 spiro atoms. The Morgan fingerprint density at radius 3 is 3.00 bits per heavy atom. The van der Waals surface area contributed by atoms with E-state index in [0.717, 1.165) is 12.8 Å². The summed E-state index contributed by atoms with van der Waals surface area (Å²) in [6, 6.07) is 0.0738. The second-order valence-electron chi connectivity index (χ2n) is 4.67. The molecule has 0 bridgehead atoms. The van der Waals surface area contributed by atoms with Crippen molar-refractivity contribution in [2.75, 3.05) is 13.1 Å². The van der Waals surface area contributed by atoms with Gasteiger partial charge in [0.05, 0.1) is 0 Å². The van der Waals surface area contributed by atoms with E-state index < -0.39 is 0 Å². The quantitative estimate of drug-likeness (QED) is 0.671. The molecular weight excluding hydrogens is 220 g/mol. The minimum Gasteiger partial charge on any atom is -0.333 e. The third-order valence-corrected chi connectivity index (χ3v) is 3.34. The van der Waals surface area contributed by atoms with Crippen molar-refractivity contribution >= 4 is 5.91 Å². The number of H-pyrrole nitrogens is 2. The molecule has 2 heterocycles. The summed E-state index contributed by atoms with van der Waals surface area (Å²) in [7, 11) is 0. The summed E-state index contributed by atoms with van der Waals surface area (Å²) < 4.78 is 0. The first-order chi connectivity index (χ1) is 8.11. The minimum atomic E-state index is -0.358. The van der Waals surface area contributed by atoms with Gasteiger partial charge in [-0.2, -0.15) is 0 Å². The molecule has 0 aromatic carbocycles. The zero-order chi connectivity index (χ0) is 12.4. The van der Waals surface area contributed by atoms with Gasteiger partial charge in [-0.1, -0.05) is 6.92 Å². The lowest BCUT2D eigenvalue weighted by Gasteiger charge is -2.37. The highest BCUT2D eigenvalue weighted by Crippen LogP contribution is 2.22. The van der Waals surface area contributed by atoms with Gasteiger partial charge in [0, 0.05) is 25.3 Å². The number of imidazole rings is 1. The van der Waals surface area contributed by atoms with Crippen LogP contribution in [0.3, 0.4) is 0 Å². The van der Waals surface area contributed by atoms with Crippen LogP contribution in [0, 0.1) is 5.92 Å². The largest absolute Gasteiger partial charge is 0.333 e. The summed E-state index contributed by atoms with van der Waals surface area (Å²) >= 11 is 0. The Hall–Kier alpha value is -1.56. The zero-order valence-electron chi connectivity index (χ0n) is 9.90. The van der Waals surface area contributed by atoms with Crippen molar-refractivity contribution in [3.8, 4) is 0 Å². The van der Waals surface area contributed by atoms with E-state index >= 15 is 0 Å². The van der Waals surface area contributed by atoms with Gasteiger partial charge >= 0.3 is 5.69 Å². The molecule has 0 aliphatic carbocycles. The molecule has 1 amide bonds. The standard InChI is InChI=1S/C11H18N4O2/c1-7-2-3-15(8(4-7)5-12)10(16)9-6-13-11(17)14-9/h6-8H,2-5,12H2,1H3,(H2,13,14,17). The molecule has 1 saturated heterocycles. The van der Waals surface area contributed by atoms with Crippen molar-refractivity contribution in [1.29, 1.82) is 0 Å². The van der Waals surface area contributed by atoms with Gasteiger partial charge in [0.1, 0.15) is 5.69 Å². The Kier molecular flexibility index (Phi) is 3.33. The smallest absolute Gasteiger partial charge is 0.323 e. The second-order valence-corrected chi connectivity index (χ2v) is 4.67. The normalized spacial score (nSPS) is 24.9. The summed E-state index contributed by atoms with van der Waals surface area (Å²) in [5.41, 5.74) is 5.65. The summed E-state index contributed by atoms with van der Waals surface area (Å²) in [5.74, 6) is 0.448. The molecular formula is C11H18N4O2. The van der Waals surface area contributed by atoms with E-state index in [2.05, 4.69) is 16.9 Å². The zero-order valence-corrected chi connectivity index (χ0v) is 9.90. The van der Waals surface area contributed by atoms with Crippen molar-refractivity contribution in [3.63, 3.8) is 0 Å². The molecule has 0 saturated carbocycles. The summed E-state index contributed by atoms with van der Waals surface area (Å²) in [6.45, 7) is 3.34. The van der Waals surface area contributed by atoms with Crippen molar-refractivity contribution in [2.24, 2.45) is 11.7 Å². The van der Waals surface area contributed by atoms with Crippen molar-refractivity contribution in [3.05, 3.63) is 22.4 Å². The summed E-state index contributed by atoms with van der Waals surface area (Å²) in [4.78, 5) is 29.8. The highest BCUT2D eigenvalue weighted by Gasteiger charge is 2.30. The molecule has 17 heavy (non-hydrogen) atoms. The van der Waals surface area contributed by atoms with Crippen LogP contribution in [-0.4, -0.2) is 39.9 Å². The van der Waals surface area contributed by atoms with Gasteiger partial charge in [-0.15, -0.1) is 0 Å². The molecule has 1 aliphatic heterocycles.